The Balaban J connectivity index is 1.55. The van der Waals surface area contributed by atoms with Crippen LogP contribution in [0.1, 0.15) is 56.2 Å². The molecule has 1 saturated carbocycles. The van der Waals surface area contributed by atoms with Crippen molar-refractivity contribution in [2.24, 2.45) is 0 Å². The second-order valence-corrected chi connectivity index (χ2v) is 7.23. The maximum atomic E-state index is 4.80. The number of nitrogens with zero attached hydrogens (tertiary/aromatic N) is 2. The zero-order valence-corrected chi connectivity index (χ0v) is 13.4. The fraction of sp³-hybridized carbons (Fsp3) is 0.812. The predicted molar refractivity (Wildman–Crippen MR) is 85.2 cm³/mol. The van der Waals surface area contributed by atoms with E-state index in [1.165, 1.54) is 62.3 Å². The topological polar surface area (TPSA) is 28.2 Å². The van der Waals surface area contributed by atoms with Crippen LogP contribution >= 0.6 is 11.3 Å². The summed E-state index contributed by atoms with van der Waals surface area (Å²) in [4.78, 5) is 7.47. The van der Waals surface area contributed by atoms with Crippen molar-refractivity contribution in [2.45, 2.75) is 70.5 Å². The van der Waals surface area contributed by atoms with E-state index in [0.29, 0.717) is 6.04 Å². The summed E-state index contributed by atoms with van der Waals surface area (Å²) < 4.78 is 0. The molecular weight excluding hydrogens is 266 g/mol. The zero-order chi connectivity index (χ0) is 13.8. The monoisotopic (exact) mass is 293 g/mol. The van der Waals surface area contributed by atoms with E-state index in [4.69, 9.17) is 4.98 Å². The Hall–Kier alpha value is -0.450. The first-order chi connectivity index (χ1) is 9.85. The summed E-state index contributed by atoms with van der Waals surface area (Å²) in [5.41, 5.74) is 1.29. The lowest BCUT2D eigenvalue weighted by molar-refractivity contribution is 0.206. The predicted octanol–water partition coefficient (Wildman–Crippen LogP) is 3.20. The van der Waals surface area contributed by atoms with E-state index in [1.54, 1.807) is 0 Å². The fourth-order valence-corrected chi connectivity index (χ4v) is 3.99. The molecule has 2 fully saturated rings. The van der Waals surface area contributed by atoms with Crippen LogP contribution in [-0.4, -0.2) is 35.1 Å². The van der Waals surface area contributed by atoms with E-state index in [9.17, 15) is 0 Å². The number of thiazole rings is 1. The molecule has 1 aliphatic carbocycles. The molecule has 1 aromatic rings. The van der Waals surface area contributed by atoms with Crippen LogP contribution in [-0.2, 0) is 13.0 Å². The number of aryl methyl sites for hydroxylation is 1. The van der Waals surface area contributed by atoms with Crippen molar-refractivity contribution >= 4 is 11.3 Å². The summed E-state index contributed by atoms with van der Waals surface area (Å²) in [5.74, 6) is 0. The molecule has 4 heteroatoms. The maximum absolute atomic E-state index is 4.80. The van der Waals surface area contributed by atoms with E-state index < -0.39 is 0 Å². The molecule has 2 heterocycles. The van der Waals surface area contributed by atoms with Crippen molar-refractivity contribution in [2.75, 3.05) is 13.1 Å². The molecule has 20 heavy (non-hydrogen) atoms. The van der Waals surface area contributed by atoms with Crippen molar-refractivity contribution in [3.63, 3.8) is 0 Å². The lowest BCUT2D eigenvalue weighted by Gasteiger charge is -2.30. The Labute approximate surface area is 126 Å². The minimum atomic E-state index is 0.707. The van der Waals surface area contributed by atoms with Crippen molar-refractivity contribution in [3.8, 4) is 0 Å². The molecule has 2 aliphatic rings. The van der Waals surface area contributed by atoms with Crippen LogP contribution in [0.15, 0.2) is 5.38 Å². The van der Waals surface area contributed by atoms with E-state index in [0.717, 1.165) is 19.0 Å². The van der Waals surface area contributed by atoms with Gasteiger partial charge >= 0.3 is 0 Å². The molecule has 0 spiro atoms. The highest BCUT2D eigenvalue weighted by Crippen LogP contribution is 2.29. The highest BCUT2D eigenvalue weighted by Gasteiger charge is 2.31. The van der Waals surface area contributed by atoms with Crippen LogP contribution < -0.4 is 5.32 Å². The lowest BCUT2D eigenvalue weighted by Crippen LogP contribution is -2.44. The van der Waals surface area contributed by atoms with Crippen molar-refractivity contribution < 1.29 is 0 Å². The van der Waals surface area contributed by atoms with Gasteiger partial charge in [0.15, 0.2) is 0 Å². The Kier molecular flexibility index (Phi) is 5.08. The third kappa shape index (κ3) is 4.03. The summed E-state index contributed by atoms with van der Waals surface area (Å²) in [6, 6.07) is 1.54. The quantitative estimate of drug-likeness (QED) is 0.837. The Morgan fingerprint density at radius 2 is 2.25 bits per heavy atom. The molecule has 3 rings (SSSR count). The van der Waals surface area contributed by atoms with Gasteiger partial charge in [0.2, 0.25) is 0 Å². The van der Waals surface area contributed by atoms with E-state index >= 15 is 0 Å². The summed E-state index contributed by atoms with van der Waals surface area (Å²) >= 11 is 1.84. The molecule has 1 N–H and O–H groups in total. The molecule has 0 bridgehead atoms. The van der Waals surface area contributed by atoms with E-state index in [1.807, 2.05) is 11.3 Å². The molecule has 1 unspecified atom stereocenters. The van der Waals surface area contributed by atoms with Crippen LogP contribution in [0.4, 0.5) is 0 Å². The van der Waals surface area contributed by atoms with Gasteiger partial charge < -0.3 is 5.32 Å². The Bertz CT molecular complexity index is 408. The summed E-state index contributed by atoms with van der Waals surface area (Å²) in [7, 11) is 0. The standard InChI is InChI=1S/C16H27N3S/c1-2-5-16-18-14(12-20-16)11-19(15-7-8-15)10-13-6-3-4-9-17-13/h12-13,15,17H,2-11H2,1H3. The molecule has 0 radical (unpaired) electrons. The van der Waals surface area contributed by atoms with Gasteiger partial charge in [0.05, 0.1) is 10.7 Å². The van der Waals surface area contributed by atoms with Gasteiger partial charge in [-0.25, -0.2) is 4.98 Å². The number of rotatable bonds is 7. The Morgan fingerprint density at radius 1 is 1.35 bits per heavy atom. The van der Waals surface area contributed by atoms with Crippen LogP contribution in [0.25, 0.3) is 0 Å². The van der Waals surface area contributed by atoms with Gasteiger partial charge in [0.1, 0.15) is 0 Å². The number of hydrogen-bond donors (Lipinski definition) is 1. The number of hydrogen-bond acceptors (Lipinski definition) is 4. The van der Waals surface area contributed by atoms with Crippen LogP contribution in [0, 0.1) is 0 Å². The minimum Gasteiger partial charge on any atom is -0.313 e. The first-order valence-corrected chi connectivity index (χ1v) is 9.14. The molecular formula is C16H27N3S. The molecule has 0 aromatic carbocycles. The van der Waals surface area contributed by atoms with Crippen LogP contribution in [0.5, 0.6) is 0 Å². The van der Waals surface area contributed by atoms with Gasteiger partial charge in [0, 0.05) is 30.6 Å². The third-order valence-corrected chi connectivity index (χ3v) is 5.32. The average Bonchev–Trinajstić information content (AvgIpc) is 3.22. The molecule has 1 aromatic heterocycles. The van der Waals surface area contributed by atoms with Crippen molar-refractivity contribution in [1.29, 1.82) is 0 Å². The normalized spacial score (nSPS) is 23.4. The SMILES string of the molecule is CCCc1nc(CN(CC2CCCCN2)C2CC2)cs1. The number of aromatic nitrogens is 1. The summed E-state index contributed by atoms with van der Waals surface area (Å²) in [6.07, 6.45) is 9.21. The van der Waals surface area contributed by atoms with E-state index in [2.05, 4.69) is 22.5 Å². The van der Waals surface area contributed by atoms with Crippen molar-refractivity contribution in [1.82, 2.24) is 15.2 Å². The first kappa shape index (κ1) is 14.5. The molecule has 1 aliphatic heterocycles. The lowest BCUT2D eigenvalue weighted by atomic mass is 10.0. The fourth-order valence-electron chi connectivity index (χ4n) is 3.10. The highest BCUT2D eigenvalue weighted by molar-refractivity contribution is 7.09. The number of nitrogens with one attached hydrogen (secondary N) is 1. The van der Waals surface area contributed by atoms with Gasteiger partial charge in [-0.15, -0.1) is 11.3 Å². The Morgan fingerprint density at radius 3 is 2.95 bits per heavy atom. The van der Waals surface area contributed by atoms with E-state index in [-0.39, 0.29) is 0 Å². The first-order valence-electron chi connectivity index (χ1n) is 8.26. The smallest absolute Gasteiger partial charge is 0.0928 e. The maximum Gasteiger partial charge on any atom is 0.0928 e. The largest absolute Gasteiger partial charge is 0.313 e. The molecule has 112 valence electrons. The number of piperidine rings is 1. The summed E-state index contributed by atoms with van der Waals surface area (Å²) in [6.45, 7) is 5.71. The van der Waals surface area contributed by atoms with Crippen LogP contribution in [0.3, 0.4) is 0 Å². The van der Waals surface area contributed by atoms with Gasteiger partial charge in [-0.05, 0) is 45.1 Å². The second kappa shape index (κ2) is 7.01. The molecule has 3 nitrogen and oxygen atoms in total. The minimum absolute atomic E-state index is 0.707. The molecule has 0 amide bonds. The van der Waals surface area contributed by atoms with Gasteiger partial charge in [-0.1, -0.05) is 13.3 Å². The highest BCUT2D eigenvalue weighted by atomic mass is 32.1. The zero-order valence-electron chi connectivity index (χ0n) is 12.6. The summed E-state index contributed by atoms with van der Waals surface area (Å²) in [5, 5.41) is 7.27. The molecule has 1 saturated heterocycles. The van der Waals surface area contributed by atoms with Gasteiger partial charge in [-0.2, -0.15) is 0 Å². The van der Waals surface area contributed by atoms with Gasteiger partial charge in [-0.3, -0.25) is 4.90 Å². The van der Waals surface area contributed by atoms with Crippen LogP contribution in [0.2, 0.25) is 0 Å². The molecule has 1 atom stereocenters. The third-order valence-electron chi connectivity index (χ3n) is 4.36. The second-order valence-electron chi connectivity index (χ2n) is 6.29. The van der Waals surface area contributed by atoms with Crippen molar-refractivity contribution in [3.05, 3.63) is 16.1 Å². The average molecular weight is 293 g/mol. The van der Waals surface area contributed by atoms with Gasteiger partial charge in [0.25, 0.3) is 0 Å².